The third-order valence-corrected chi connectivity index (χ3v) is 4.98. The van der Waals surface area contributed by atoms with E-state index >= 15 is 0 Å². The number of unbranched alkanes of at least 4 members (excludes halogenated alkanes) is 2. The van der Waals surface area contributed by atoms with E-state index in [-0.39, 0.29) is 17.2 Å². The quantitative estimate of drug-likeness (QED) is 0.481. The first kappa shape index (κ1) is 15.5. The van der Waals surface area contributed by atoms with E-state index in [0.717, 1.165) is 57.8 Å². The van der Waals surface area contributed by atoms with Crippen molar-refractivity contribution in [1.29, 1.82) is 0 Å². The van der Waals surface area contributed by atoms with Crippen molar-refractivity contribution in [3.8, 4) is 0 Å². The molecule has 0 aromatic carbocycles. The predicted molar refractivity (Wildman–Crippen MR) is 78.0 cm³/mol. The zero-order valence-electron chi connectivity index (χ0n) is 12.8. The molecule has 1 saturated carbocycles. The average molecular weight is 282 g/mol. The van der Waals surface area contributed by atoms with Gasteiger partial charge < -0.3 is 4.74 Å². The minimum absolute atomic E-state index is 0.0294. The van der Waals surface area contributed by atoms with Crippen LogP contribution in [0.15, 0.2) is 11.9 Å². The second-order valence-electron chi connectivity index (χ2n) is 6.52. The average Bonchev–Trinajstić information content (AvgIpc) is 2.41. The molecule has 0 radical (unpaired) electrons. The van der Waals surface area contributed by atoms with Crippen LogP contribution in [-0.4, -0.2) is 11.6 Å². The van der Waals surface area contributed by atoms with Crippen molar-refractivity contribution in [1.82, 2.24) is 0 Å². The monoisotopic (exact) mass is 282 g/mol. The number of fused-ring (bicyclic) bond motifs is 2. The fourth-order valence-electron chi connectivity index (χ4n) is 3.70. The van der Waals surface area contributed by atoms with E-state index < -0.39 is 5.60 Å². The lowest BCUT2D eigenvalue weighted by Crippen LogP contribution is -2.46. The summed E-state index contributed by atoms with van der Waals surface area (Å²) in [7, 11) is 0. The molecule has 0 aromatic rings. The predicted octanol–water partition coefficient (Wildman–Crippen LogP) is 5.08. The minimum Gasteiger partial charge on any atom is -0.455 e. The summed E-state index contributed by atoms with van der Waals surface area (Å²) in [6.07, 6.45) is 10.2. The number of carbonyl (C=O) groups is 1. The Kier molecular flexibility index (Phi) is 4.87. The van der Waals surface area contributed by atoms with Gasteiger partial charge in [0, 0.05) is 11.8 Å². The third-order valence-electron chi connectivity index (χ3n) is 4.98. The molecule has 1 fully saturated rings. The molecule has 0 amide bonds. The summed E-state index contributed by atoms with van der Waals surface area (Å²) >= 11 is 0. The number of hydrogen-bond donors (Lipinski definition) is 0. The lowest BCUT2D eigenvalue weighted by atomic mass is 9.61. The van der Waals surface area contributed by atoms with Crippen LogP contribution < -0.4 is 0 Å². The number of ether oxygens (including phenoxy) is 1. The molecule has 20 heavy (non-hydrogen) atoms. The highest BCUT2D eigenvalue weighted by Crippen LogP contribution is 2.56. The number of halogens is 1. The van der Waals surface area contributed by atoms with E-state index in [1.807, 2.05) is 0 Å². The molecule has 0 unspecified atom stereocenters. The summed E-state index contributed by atoms with van der Waals surface area (Å²) in [5, 5.41) is 0. The van der Waals surface area contributed by atoms with Gasteiger partial charge in [-0.05, 0) is 44.6 Å². The first-order chi connectivity index (χ1) is 9.56. The van der Waals surface area contributed by atoms with Crippen LogP contribution in [0.5, 0.6) is 0 Å². The van der Waals surface area contributed by atoms with Crippen molar-refractivity contribution < 1.29 is 13.9 Å². The Bertz CT molecular complexity index is 378. The number of esters is 1. The molecule has 0 aromatic heterocycles. The normalized spacial score (nSPS) is 32.0. The van der Waals surface area contributed by atoms with Gasteiger partial charge in [-0.1, -0.05) is 33.1 Å². The molecule has 0 spiro atoms. The van der Waals surface area contributed by atoms with E-state index in [2.05, 4.69) is 13.8 Å². The van der Waals surface area contributed by atoms with Crippen molar-refractivity contribution in [3.05, 3.63) is 11.9 Å². The summed E-state index contributed by atoms with van der Waals surface area (Å²) in [5.74, 6) is -0.189. The molecule has 2 nitrogen and oxygen atoms in total. The maximum Gasteiger partial charge on any atom is 0.306 e. The van der Waals surface area contributed by atoms with E-state index in [9.17, 15) is 9.18 Å². The molecule has 0 N–H and O–H groups in total. The van der Waals surface area contributed by atoms with Crippen LogP contribution in [0.2, 0.25) is 0 Å². The lowest BCUT2D eigenvalue weighted by molar-refractivity contribution is -0.162. The molecule has 0 atom stereocenters. The van der Waals surface area contributed by atoms with Crippen LogP contribution in [0.3, 0.4) is 0 Å². The Labute approximate surface area is 121 Å². The maximum absolute atomic E-state index is 14.4. The molecule has 3 aliphatic rings. The van der Waals surface area contributed by atoms with Gasteiger partial charge in [0.2, 0.25) is 0 Å². The molecule has 0 saturated heterocycles. The Hall–Kier alpha value is -0.860. The van der Waals surface area contributed by atoms with E-state index in [0.29, 0.717) is 6.42 Å². The van der Waals surface area contributed by atoms with Crippen LogP contribution in [0.1, 0.15) is 78.1 Å². The molecular formula is C17H27FO2. The van der Waals surface area contributed by atoms with Crippen LogP contribution >= 0.6 is 0 Å². The van der Waals surface area contributed by atoms with Gasteiger partial charge in [-0.15, -0.1) is 0 Å². The second kappa shape index (κ2) is 6.28. The van der Waals surface area contributed by atoms with E-state index in [4.69, 9.17) is 4.74 Å². The minimum atomic E-state index is -0.636. The van der Waals surface area contributed by atoms with Crippen molar-refractivity contribution in [2.75, 3.05) is 0 Å². The van der Waals surface area contributed by atoms with Crippen LogP contribution in [0.4, 0.5) is 4.39 Å². The molecule has 3 rings (SSSR count). The zero-order chi connectivity index (χ0) is 14.6. The summed E-state index contributed by atoms with van der Waals surface area (Å²) in [6, 6.07) is 0. The Morgan fingerprint density at radius 2 is 1.90 bits per heavy atom. The molecule has 2 bridgehead atoms. The van der Waals surface area contributed by atoms with Gasteiger partial charge in [-0.3, -0.25) is 4.79 Å². The van der Waals surface area contributed by atoms with Gasteiger partial charge in [-0.25, -0.2) is 4.39 Å². The number of allylic oxidation sites excluding steroid dienone is 1. The molecular weight excluding hydrogens is 255 g/mol. The zero-order valence-corrected chi connectivity index (χ0v) is 12.8. The van der Waals surface area contributed by atoms with Crippen molar-refractivity contribution in [3.63, 3.8) is 0 Å². The van der Waals surface area contributed by atoms with Crippen molar-refractivity contribution in [2.45, 2.75) is 83.7 Å². The summed E-state index contributed by atoms with van der Waals surface area (Å²) < 4.78 is 20.0. The summed E-state index contributed by atoms with van der Waals surface area (Å²) in [4.78, 5) is 11.9. The Balaban J connectivity index is 1.98. The maximum atomic E-state index is 14.4. The summed E-state index contributed by atoms with van der Waals surface area (Å²) in [6.45, 7) is 4.21. The lowest BCUT2D eigenvalue weighted by Gasteiger charge is -2.49. The van der Waals surface area contributed by atoms with Crippen LogP contribution in [0.25, 0.3) is 0 Å². The van der Waals surface area contributed by atoms with Crippen LogP contribution in [-0.2, 0) is 9.53 Å². The van der Waals surface area contributed by atoms with Crippen molar-refractivity contribution in [2.24, 2.45) is 5.41 Å². The first-order valence-electron chi connectivity index (χ1n) is 8.16. The smallest absolute Gasteiger partial charge is 0.306 e. The highest BCUT2D eigenvalue weighted by Gasteiger charge is 2.51. The van der Waals surface area contributed by atoms with Gasteiger partial charge in [-0.2, -0.15) is 0 Å². The second-order valence-corrected chi connectivity index (χ2v) is 6.52. The Morgan fingerprint density at radius 1 is 1.20 bits per heavy atom. The number of rotatable bonds is 7. The number of carbonyl (C=O) groups excluding carboxylic acids is 1. The molecule has 0 aliphatic heterocycles. The molecule has 3 aliphatic carbocycles. The van der Waals surface area contributed by atoms with Gasteiger partial charge in [0.05, 0.1) is 0 Å². The largest absolute Gasteiger partial charge is 0.455 e. The first-order valence-corrected chi connectivity index (χ1v) is 8.16. The van der Waals surface area contributed by atoms with Crippen LogP contribution in [0, 0.1) is 5.41 Å². The third kappa shape index (κ3) is 3.07. The van der Waals surface area contributed by atoms with Gasteiger partial charge in [0.1, 0.15) is 11.4 Å². The molecule has 0 heterocycles. The van der Waals surface area contributed by atoms with Gasteiger partial charge in [0.25, 0.3) is 0 Å². The summed E-state index contributed by atoms with van der Waals surface area (Å²) in [5.41, 5.74) is -0.881. The highest BCUT2D eigenvalue weighted by atomic mass is 19.1. The highest BCUT2D eigenvalue weighted by molar-refractivity contribution is 5.70. The molecule has 114 valence electrons. The fraction of sp³-hybridized carbons (Fsp3) is 0.824. The topological polar surface area (TPSA) is 26.3 Å². The standard InChI is InChI=1S/C17H27FO2/c1-3-5-6-7-15(19)20-17-11-9-16(8-4-2,10-12-17)14(18)13-17/h13H,3-12H2,1-2H3. The van der Waals surface area contributed by atoms with E-state index in [1.165, 1.54) is 0 Å². The van der Waals surface area contributed by atoms with Crippen molar-refractivity contribution >= 4 is 5.97 Å². The fourth-order valence-corrected chi connectivity index (χ4v) is 3.70. The number of hydrogen-bond acceptors (Lipinski definition) is 2. The Morgan fingerprint density at radius 3 is 2.45 bits per heavy atom. The SMILES string of the molecule is CCCCCC(=O)OC12C=C(F)C(CCC)(CC1)CC2. The molecule has 3 heteroatoms. The van der Waals surface area contributed by atoms with Gasteiger partial charge in [0.15, 0.2) is 0 Å². The van der Waals surface area contributed by atoms with E-state index in [1.54, 1.807) is 6.08 Å². The van der Waals surface area contributed by atoms with Gasteiger partial charge >= 0.3 is 5.97 Å².